The Kier molecular flexibility index (Phi) is 6.16. The third-order valence-electron chi connectivity index (χ3n) is 3.01. The molecule has 0 bridgehead atoms. The lowest BCUT2D eigenvalue weighted by molar-refractivity contribution is 0.459. The molecule has 19 heavy (non-hydrogen) atoms. The lowest BCUT2D eigenvalue weighted by Gasteiger charge is -2.19. The number of nitrogens with one attached hydrogen (secondary N) is 1. The third kappa shape index (κ3) is 4.40. The molecule has 7 heteroatoms. The molecule has 1 heterocycles. The van der Waals surface area contributed by atoms with Crippen LogP contribution < -0.4 is 4.72 Å². The lowest BCUT2D eigenvalue weighted by Crippen LogP contribution is -2.34. The fraction of sp³-hybridized carbons (Fsp3) is 0.583. The van der Waals surface area contributed by atoms with Gasteiger partial charge in [0.2, 0.25) is 5.03 Å². The van der Waals surface area contributed by atoms with Gasteiger partial charge < -0.3 is 0 Å². The van der Waals surface area contributed by atoms with Crippen molar-refractivity contribution in [3.8, 4) is 0 Å². The highest BCUT2D eigenvalue weighted by Crippen LogP contribution is 2.18. The van der Waals surface area contributed by atoms with E-state index in [0.29, 0.717) is 0 Å². The van der Waals surface area contributed by atoms with Gasteiger partial charge in [-0.15, -0.1) is 11.6 Å². The number of hydrogen-bond acceptors (Lipinski definition) is 3. The first-order valence-corrected chi connectivity index (χ1v) is 8.08. The molecular formula is C12H18ClFN2O2S. The van der Waals surface area contributed by atoms with Crippen LogP contribution in [0.15, 0.2) is 23.4 Å². The van der Waals surface area contributed by atoms with Crippen LogP contribution in [0, 0.1) is 11.7 Å². The second-order valence-electron chi connectivity index (χ2n) is 4.23. The number of aromatic nitrogens is 1. The minimum atomic E-state index is -3.96. The smallest absolute Gasteiger partial charge is 0.241 e. The predicted molar refractivity (Wildman–Crippen MR) is 73.1 cm³/mol. The quantitative estimate of drug-likeness (QED) is 0.788. The van der Waals surface area contributed by atoms with Crippen molar-refractivity contribution < 1.29 is 12.8 Å². The average molecular weight is 309 g/mol. The summed E-state index contributed by atoms with van der Waals surface area (Å²) in [7, 11) is -3.96. The van der Waals surface area contributed by atoms with Crippen molar-refractivity contribution in [1.29, 1.82) is 0 Å². The molecule has 1 rings (SSSR count). The number of rotatable bonds is 7. The highest BCUT2D eigenvalue weighted by molar-refractivity contribution is 7.89. The lowest BCUT2D eigenvalue weighted by atomic mass is 9.99. The predicted octanol–water partition coefficient (Wildman–Crippen LogP) is 2.54. The van der Waals surface area contributed by atoms with Crippen molar-refractivity contribution in [1.82, 2.24) is 9.71 Å². The second kappa shape index (κ2) is 7.17. The molecule has 0 aromatic carbocycles. The van der Waals surface area contributed by atoms with Gasteiger partial charge in [0.05, 0.1) is 0 Å². The van der Waals surface area contributed by atoms with Crippen LogP contribution in [0.1, 0.15) is 26.7 Å². The van der Waals surface area contributed by atoms with Gasteiger partial charge in [0.25, 0.3) is 10.0 Å². The first-order chi connectivity index (χ1) is 8.92. The Balaban J connectivity index is 2.74. The summed E-state index contributed by atoms with van der Waals surface area (Å²) in [5.74, 6) is -0.651. The molecule has 0 fully saturated rings. The maximum Gasteiger partial charge on any atom is 0.261 e. The van der Waals surface area contributed by atoms with E-state index in [9.17, 15) is 12.8 Å². The van der Waals surface area contributed by atoms with Gasteiger partial charge >= 0.3 is 0 Å². The molecule has 0 amide bonds. The number of nitrogens with zero attached hydrogens (tertiary/aromatic N) is 1. The van der Waals surface area contributed by atoms with Crippen LogP contribution in [-0.2, 0) is 10.0 Å². The monoisotopic (exact) mass is 308 g/mol. The summed E-state index contributed by atoms with van der Waals surface area (Å²) in [6.45, 7) is 4.05. The van der Waals surface area contributed by atoms with Crippen LogP contribution in [0.2, 0.25) is 0 Å². The van der Waals surface area contributed by atoms with Crippen LogP contribution in [0.25, 0.3) is 0 Å². The van der Waals surface area contributed by atoms with Gasteiger partial charge in [0.1, 0.15) is 0 Å². The van der Waals surface area contributed by atoms with E-state index < -0.39 is 20.9 Å². The molecule has 1 aromatic heterocycles. The zero-order valence-corrected chi connectivity index (χ0v) is 12.5. The van der Waals surface area contributed by atoms with Crippen molar-refractivity contribution in [3.05, 3.63) is 24.1 Å². The van der Waals surface area contributed by atoms with E-state index in [1.165, 1.54) is 12.3 Å². The van der Waals surface area contributed by atoms with Crippen molar-refractivity contribution in [2.24, 2.45) is 5.92 Å². The molecule has 1 aromatic rings. The number of halogens is 2. The Morgan fingerprint density at radius 3 is 2.58 bits per heavy atom. The van der Waals surface area contributed by atoms with Crippen molar-refractivity contribution in [3.63, 3.8) is 0 Å². The maximum atomic E-state index is 13.4. The summed E-state index contributed by atoms with van der Waals surface area (Å²) in [6.07, 6.45) is 2.96. The molecule has 4 nitrogen and oxygen atoms in total. The summed E-state index contributed by atoms with van der Waals surface area (Å²) in [4.78, 5) is 3.54. The van der Waals surface area contributed by atoms with Gasteiger partial charge in [-0.1, -0.05) is 26.7 Å². The molecule has 1 N–H and O–H groups in total. The topological polar surface area (TPSA) is 59.1 Å². The summed E-state index contributed by atoms with van der Waals surface area (Å²) in [6, 6.07) is 2.39. The molecule has 0 radical (unpaired) electrons. The van der Waals surface area contributed by atoms with Gasteiger partial charge in [-0.2, -0.15) is 0 Å². The summed E-state index contributed by atoms with van der Waals surface area (Å²) >= 11 is 6.14. The number of pyridine rings is 1. The highest BCUT2D eigenvalue weighted by atomic mass is 35.5. The maximum absolute atomic E-state index is 13.4. The minimum Gasteiger partial charge on any atom is -0.241 e. The molecule has 0 saturated heterocycles. The van der Waals surface area contributed by atoms with Crippen LogP contribution >= 0.6 is 11.6 Å². The average Bonchev–Trinajstić information content (AvgIpc) is 2.38. The first kappa shape index (κ1) is 16.3. The zero-order valence-electron chi connectivity index (χ0n) is 10.9. The van der Waals surface area contributed by atoms with Crippen molar-refractivity contribution >= 4 is 21.6 Å². The van der Waals surface area contributed by atoms with E-state index in [2.05, 4.69) is 9.71 Å². The van der Waals surface area contributed by atoms with E-state index in [4.69, 9.17) is 11.6 Å². The number of sulfonamides is 1. The zero-order chi connectivity index (χ0) is 14.5. The first-order valence-electron chi connectivity index (χ1n) is 6.16. The standard InChI is InChI=1S/C12H18ClFN2O2S/c1-3-9(4-2)10(13)8-16-19(17,18)12-11(14)6-5-7-15-12/h5-7,9-10,16H,3-4,8H2,1-2H3. The van der Waals surface area contributed by atoms with E-state index >= 15 is 0 Å². The molecule has 108 valence electrons. The van der Waals surface area contributed by atoms with Crippen LogP contribution in [0.4, 0.5) is 4.39 Å². The minimum absolute atomic E-state index is 0.0618. The fourth-order valence-electron chi connectivity index (χ4n) is 1.79. The number of alkyl halides is 1. The molecular weight excluding hydrogens is 291 g/mol. The second-order valence-corrected chi connectivity index (χ2v) is 6.48. The van der Waals surface area contributed by atoms with Gasteiger partial charge in [-0.3, -0.25) is 0 Å². The fourth-order valence-corrected chi connectivity index (χ4v) is 3.38. The molecule has 0 aliphatic carbocycles. The van der Waals surface area contributed by atoms with E-state index in [-0.39, 0.29) is 17.8 Å². The Labute approximate surface area is 118 Å². The molecule has 0 aliphatic rings. The van der Waals surface area contributed by atoms with Crippen molar-refractivity contribution in [2.75, 3.05) is 6.54 Å². The molecule has 1 unspecified atom stereocenters. The van der Waals surface area contributed by atoms with E-state index in [0.717, 1.165) is 18.9 Å². The number of hydrogen-bond donors (Lipinski definition) is 1. The molecule has 0 aliphatic heterocycles. The summed E-state index contributed by atoms with van der Waals surface area (Å²) < 4.78 is 39.5. The Morgan fingerprint density at radius 1 is 1.42 bits per heavy atom. The Morgan fingerprint density at radius 2 is 2.05 bits per heavy atom. The van der Waals surface area contributed by atoms with Crippen LogP contribution in [0.3, 0.4) is 0 Å². The van der Waals surface area contributed by atoms with Gasteiger partial charge in [0, 0.05) is 18.1 Å². The Hall–Kier alpha value is -0.720. The van der Waals surface area contributed by atoms with Gasteiger partial charge in [-0.25, -0.2) is 22.5 Å². The summed E-state index contributed by atoms with van der Waals surface area (Å²) in [5, 5.41) is -0.917. The summed E-state index contributed by atoms with van der Waals surface area (Å²) in [5.41, 5.74) is 0. The Bertz CT molecular complexity index is 506. The van der Waals surface area contributed by atoms with Crippen molar-refractivity contribution in [2.45, 2.75) is 37.1 Å². The van der Waals surface area contributed by atoms with Gasteiger partial charge in [0.15, 0.2) is 5.82 Å². The van der Waals surface area contributed by atoms with Crippen LogP contribution in [-0.4, -0.2) is 25.3 Å². The van der Waals surface area contributed by atoms with Crippen LogP contribution in [0.5, 0.6) is 0 Å². The van der Waals surface area contributed by atoms with E-state index in [1.807, 2.05) is 13.8 Å². The highest BCUT2D eigenvalue weighted by Gasteiger charge is 2.23. The largest absolute Gasteiger partial charge is 0.261 e. The third-order valence-corrected chi connectivity index (χ3v) is 4.87. The normalized spacial score (nSPS) is 13.7. The molecule has 1 atom stereocenters. The molecule has 0 saturated carbocycles. The SMILES string of the molecule is CCC(CC)C(Cl)CNS(=O)(=O)c1ncccc1F. The van der Waals surface area contributed by atoms with Gasteiger partial charge in [-0.05, 0) is 18.1 Å². The molecule has 0 spiro atoms. The van der Waals surface area contributed by atoms with E-state index in [1.54, 1.807) is 0 Å².